The van der Waals surface area contributed by atoms with Crippen molar-refractivity contribution >= 4 is 5.97 Å². The summed E-state index contributed by atoms with van der Waals surface area (Å²) in [6.07, 6.45) is 2.64. The molecule has 64 valence electrons. The van der Waals surface area contributed by atoms with Gasteiger partial charge < -0.3 is 10.5 Å². The molecule has 0 heterocycles. The Morgan fingerprint density at radius 2 is 2.27 bits per heavy atom. The van der Waals surface area contributed by atoms with Crippen LogP contribution in [-0.2, 0) is 9.53 Å². The van der Waals surface area contributed by atoms with Crippen LogP contribution in [0.4, 0.5) is 0 Å². The highest BCUT2D eigenvalue weighted by atomic mass is 16.5. The summed E-state index contributed by atoms with van der Waals surface area (Å²) in [6, 6.07) is -0.0186. The van der Waals surface area contributed by atoms with Crippen molar-refractivity contribution in [2.75, 3.05) is 7.11 Å². The van der Waals surface area contributed by atoms with Gasteiger partial charge in [0.15, 0.2) is 0 Å². The van der Waals surface area contributed by atoms with Gasteiger partial charge in [0.05, 0.1) is 12.5 Å². The molecule has 1 rings (SSSR count). The highest BCUT2D eigenvalue weighted by Gasteiger charge is 2.54. The average molecular weight is 157 g/mol. The van der Waals surface area contributed by atoms with Gasteiger partial charge in [0.25, 0.3) is 0 Å². The number of carbonyl (C=O) groups excluding carboxylic acids is 1. The van der Waals surface area contributed by atoms with Crippen molar-refractivity contribution in [2.45, 2.75) is 32.2 Å². The maximum absolute atomic E-state index is 11.2. The van der Waals surface area contributed by atoms with Gasteiger partial charge in [-0.25, -0.2) is 0 Å². The largest absolute Gasteiger partial charge is 0.469 e. The smallest absolute Gasteiger partial charge is 0.313 e. The maximum atomic E-state index is 11.2. The molecule has 0 radical (unpaired) electrons. The first-order chi connectivity index (χ1) is 5.17. The van der Waals surface area contributed by atoms with Crippen molar-refractivity contribution in [2.24, 2.45) is 11.1 Å². The molecule has 0 aromatic heterocycles. The van der Waals surface area contributed by atoms with Crippen LogP contribution in [0.1, 0.15) is 26.2 Å². The van der Waals surface area contributed by atoms with Crippen molar-refractivity contribution < 1.29 is 9.53 Å². The first kappa shape index (κ1) is 8.53. The molecule has 3 heteroatoms. The Labute approximate surface area is 66.9 Å². The molecule has 0 saturated heterocycles. The molecule has 1 unspecified atom stereocenters. The number of esters is 1. The molecule has 1 aliphatic carbocycles. The molecule has 1 atom stereocenters. The number of hydrogen-bond acceptors (Lipinski definition) is 3. The molecule has 1 aliphatic rings. The Hall–Kier alpha value is -0.570. The maximum Gasteiger partial charge on any atom is 0.313 e. The second-order valence-electron chi connectivity index (χ2n) is 3.16. The molecule has 0 amide bonds. The van der Waals surface area contributed by atoms with Crippen LogP contribution in [0.2, 0.25) is 0 Å². The molecule has 0 aromatic rings. The van der Waals surface area contributed by atoms with E-state index in [0.29, 0.717) is 0 Å². The summed E-state index contributed by atoms with van der Waals surface area (Å²) in [5, 5.41) is 0. The fourth-order valence-electron chi connectivity index (χ4n) is 1.45. The molecule has 1 saturated carbocycles. The Bertz CT molecular complexity index is 163. The third kappa shape index (κ3) is 1.25. The highest BCUT2D eigenvalue weighted by molar-refractivity contribution is 5.80. The number of ether oxygens (including phenoxy) is 1. The van der Waals surface area contributed by atoms with Crippen molar-refractivity contribution in [1.82, 2.24) is 0 Å². The van der Waals surface area contributed by atoms with E-state index < -0.39 is 0 Å². The fourth-order valence-corrected chi connectivity index (χ4v) is 1.45. The third-order valence-electron chi connectivity index (χ3n) is 2.53. The monoisotopic (exact) mass is 157 g/mol. The normalized spacial score (nSPS) is 22.5. The molecule has 1 fully saturated rings. The van der Waals surface area contributed by atoms with Gasteiger partial charge in [0.2, 0.25) is 0 Å². The molecule has 2 N–H and O–H groups in total. The Balaban J connectivity index is 2.59. The van der Waals surface area contributed by atoms with Crippen molar-refractivity contribution in [3.8, 4) is 0 Å². The quantitative estimate of drug-likeness (QED) is 0.613. The summed E-state index contributed by atoms with van der Waals surface area (Å²) < 4.78 is 4.68. The molecule has 0 aromatic carbocycles. The van der Waals surface area contributed by atoms with Gasteiger partial charge >= 0.3 is 5.97 Å². The Morgan fingerprint density at radius 3 is 2.55 bits per heavy atom. The van der Waals surface area contributed by atoms with E-state index >= 15 is 0 Å². The van der Waals surface area contributed by atoms with Gasteiger partial charge in [-0.2, -0.15) is 0 Å². The lowest BCUT2D eigenvalue weighted by Gasteiger charge is -2.18. The van der Waals surface area contributed by atoms with E-state index in [1.54, 1.807) is 0 Å². The second kappa shape index (κ2) is 2.81. The van der Waals surface area contributed by atoms with E-state index in [2.05, 4.69) is 4.74 Å². The van der Waals surface area contributed by atoms with Gasteiger partial charge in [-0.15, -0.1) is 0 Å². The van der Waals surface area contributed by atoms with Crippen LogP contribution in [0.5, 0.6) is 0 Å². The van der Waals surface area contributed by atoms with Gasteiger partial charge in [-0.05, 0) is 19.3 Å². The van der Waals surface area contributed by atoms with E-state index in [0.717, 1.165) is 19.3 Å². The van der Waals surface area contributed by atoms with Crippen LogP contribution in [0.25, 0.3) is 0 Å². The SMILES string of the molecule is CCC(N)C1(C(=O)OC)CC1. The number of methoxy groups -OCH3 is 1. The minimum atomic E-state index is -0.316. The first-order valence-corrected chi connectivity index (χ1v) is 4.01. The highest BCUT2D eigenvalue weighted by Crippen LogP contribution is 2.49. The van der Waals surface area contributed by atoms with Gasteiger partial charge in [-0.1, -0.05) is 6.92 Å². The molecular formula is C8H15NO2. The molecular weight excluding hydrogens is 142 g/mol. The summed E-state index contributed by atoms with van der Waals surface area (Å²) in [5.74, 6) is -0.133. The minimum Gasteiger partial charge on any atom is -0.469 e. The third-order valence-corrected chi connectivity index (χ3v) is 2.53. The molecule has 0 spiro atoms. The number of carbonyl (C=O) groups is 1. The zero-order chi connectivity index (χ0) is 8.48. The van der Waals surface area contributed by atoms with E-state index in [4.69, 9.17) is 5.73 Å². The second-order valence-corrected chi connectivity index (χ2v) is 3.16. The van der Waals surface area contributed by atoms with E-state index in [1.165, 1.54) is 7.11 Å². The Morgan fingerprint density at radius 1 is 1.73 bits per heavy atom. The molecule has 0 aliphatic heterocycles. The summed E-state index contributed by atoms with van der Waals surface area (Å²) >= 11 is 0. The summed E-state index contributed by atoms with van der Waals surface area (Å²) in [5.41, 5.74) is 5.47. The lowest BCUT2D eigenvalue weighted by molar-refractivity contribution is -0.148. The van der Waals surface area contributed by atoms with Crippen LogP contribution >= 0.6 is 0 Å². The van der Waals surface area contributed by atoms with E-state index in [9.17, 15) is 4.79 Å². The van der Waals surface area contributed by atoms with Crippen LogP contribution in [0.3, 0.4) is 0 Å². The van der Waals surface area contributed by atoms with Crippen molar-refractivity contribution in [1.29, 1.82) is 0 Å². The minimum absolute atomic E-state index is 0.0186. The fraction of sp³-hybridized carbons (Fsp3) is 0.875. The van der Waals surface area contributed by atoms with Crippen LogP contribution in [-0.4, -0.2) is 19.1 Å². The summed E-state index contributed by atoms with van der Waals surface area (Å²) in [6.45, 7) is 1.99. The predicted octanol–water partition coefficient (Wildman–Crippen LogP) is 0.677. The first-order valence-electron chi connectivity index (χ1n) is 4.01. The van der Waals surface area contributed by atoms with E-state index in [1.807, 2.05) is 6.92 Å². The molecule has 0 bridgehead atoms. The van der Waals surface area contributed by atoms with E-state index in [-0.39, 0.29) is 17.4 Å². The van der Waals surface area contributed by atoms with Crippen LogP contribution in [0.15, 0.2) is 0 Å². The zero-order valence-electron chi connectivity index (χ0n) is 7.09. The average Bonchev–Trinajstić information content (AvgIpc) is 2.82. The lowest BCUT2D eigenvalue weighted by atomic mass is 9.95. The van der Waals surface area contributed by atoms with Gasteiger partial charge in [0, 0.05) is 6.04 Å². The lowest BCUT2D eigenvalue weighted by Crippen LogP contribution is -2.37. The topological polar surface area (TPSA) is 52.3 Å². The van der Waals surface area contributed by atoms with Crippen molar-refractivity contribution in [3.63, 3.8) is 0 Å². The molecule has 11 heavy (non-hydrogen) atoms. The molecule has 3 nitrogen and oxygen atoms in total. The standard InChI is InChI=1S/C8H15NO2/c1-3-6(9)8(4-5-8)7(10)11-2/h6H,3-5,9H2,1-2H3. The van der Waals surface area contributed by atoms with Gasteiger partial charge in [-0.3, -0.25) is 4.79 Å². The zero-order valence-corrected chi connectivity index (χ0v) is 7.09. The summed E-state index contributed by atoms with van der Waals surface area (Å²) in [7, 11) is 1.42. The number of rotatable bonds is 3. The van der Waals surface area contributed by atoms with Crippen LogP contribution in [0, 0.1) is 5.41 Å². The van der Waals surface area contributed by atoms with Gasteiger partial charge in [0.1, 0.15) is 0 Å². The number of nitrogens with two attached hydrogens (primary N) is 1. The Kier molecular flexibility index (Phi) is 2.18. The number of hydrogen-bond donors (Lipinski definition) is 1. The predicted molar refractivity (Wildman–Crippen MR) is 41.9 cm³/mol. The van der Waals surface area contributed by atoms with Crippen LogP contribution < -0.4 is 5.73 Å². The van der Waals surface area contributed by atoms with Crippen molar-refractivity contribution in [3.05, 3.63) is 0 Å². The summed E-state index contributed by atoms with van der Waals surface area (Å²) in [4.78, 5) is 11.2.